The Labute approximate surface area is 123 Å². The van der Waals surface area contributed by atoms with Crippen molar-refractivity contribution in [1.82, 2.24) is 14.5 Å². The maximum Gasteiger partial charge on any atom is 0.292 e. The summed E-state index contributed by atoms with van der Waals surface area (Å²) in [5.74, 6) is 0. The molecule has 0 spiro atoms. The number of aliphatic hydroxyl groups excluding tert-OH is 3. The van der Waals surface area contributed by atoms with Crippen molar-refractivity contribution in [2.75, 3.05) is 6.61 Å². The standard InChI is InChI=1S/C12H14N4O6/c1-5-7(16(20)21)2-6-11(14-5)15(4-13-6)12-10(19)9(18)8(3-17)22-12/h2,4,8-10,12,17-19H,3H2,1H3/t8-,9-,10-,12-/m1/s1. The first-order valence-electron chi connectivity index (χ1n) is 6.55. The SMILES string of the molecule is Cc1nc2c(cc1[N+](=O)[O-])ncn2[C@@H]1O[C@H](CO)[C@@H](O)[C@H]1O. The molecule has 2 aromatic rings. The van der Waals surface area contributed by atoms with Crippen molar-refractivity contribution in [1.29, 1.82) is 0 Å². The van der Waals surface area contributed by atoms with E-state index < -0.39 is 36.1 Å². The summed E-state index contributed by atoms with van der Waals surface area (Å²) in [7, 11) is 0. The van der Waals surface area contributed by atoms with Crippen LogP contribution in [0.15, 0.2) is 12.4 Å². The normalized spacial score (nSPS) is 28.4. The minimum Gasteiger partial charge on any atom is -0.394 e. The minimum absolute atomic E-state index is 0.154. The zero-order valence-electron chi connectivity index (χ0n) is 11.5. The first-order valence-corrected chi connectivity index (χ1v) is 6.55. The highest BCUT2D eigenvalue weighted by molar-refractivity contribution is 5.74. The van der Waals surface area contributed by atoms with Gasteiger partial charge in [0.1, 0.15) is 29.5 Å². The topological polar surface area (TPSA) is 144 Å². The number of aryl methyl sites for hydroxylation is 1. The summed E-state index contributed by atoms with van der Waals surface area (Å²) >= 11 is 0. The highest BCUT2D eigenvalue weighted by Gasteiger charge is 2.44. The van der Waals surface area contributed by atoms with Crippen molar-refractivity contribution in [2.45, 2.75) is 31.5 Å². The predicted octanol–water partition coefficient (Wildman–Crippen LogP) is -0.741. The number of aliphatic hydroxyl groups is 3. The van der Waals surface area contributed by atoms with Crippen molar-refractivity contribution in [3.63, 3.8) is 0 Å². The van der Waals surface area contributed by atoms with Crippen LogP contribution >= 0.6 is 0 Å². The van der Waals surface area contributed by atoms with Crippen molar-refractivity contribution >= 4 is 16.9 Å². The maximum atomic E-state index is 10.9. The van der Waals surface area contributed by atoms with Gasteiger partial charge >= 0.3 is 0 Å². The Morgan fingerprint density at radius 2 is 2.18 bits per heavy atom. The van der Waals surface area contributed by atoms with Crippen LogP contribution in [-0.4, -0.2) is 59.7 Å². The third kappa shape index (κ3) is 2.13. The Morgan fingerprint density at radius 1 is 1.45 bits per heavy atom. The second kappa shape index (κ2) is 5.25. The van der Waals surface area contributed by atoms with Gasteiger partial charge in [0, 0.05) is 6.07 Å². The van der Waals surface area contributed by atoms with E-state index in [2.05, 4.69) is 9.97 Å². The lowest BCUT2D eigenvalue weighted by Crippen LogP contribution is -2.33. The molecule has 22 heavy (non-hydrogen) atoms. The van der Waals surface area contributed by atoms with Crippen molar-refractivity contribution in [3.05, 3.63) is 28.2 Å². The Bertz CT molecular complexity index is 732. The highest BCUT2D eigenvalue weighted by Crippen LogP contribution is 2.32. The lowest BCUT2D eigenvalue weighted by molar-refractivity contribution is -0.385. The molecule has 0 radical (unpaired) electrons. The van der Waals surface area contributed by atoms with Crippen molar-refractivity contribution in [2.24, 2.45) is 0 Å². The molecular formula is C12H14N4O6. The van der Waals surface area contributed by atoms with Crippen molar-refractivity contribution in [3.8, 4) is 0 Å². The van der Waals surface area contributed by atoms with Crippen LogP contribution in [0.25, 0.3) is 11.2 Å². The third-order valence-electron chi connectivity index (χ3n) is 3.70. The summed E-state index contributed by atoms with van der Waals surface area (Å²) in [6.07, 6.45) is -3.10. The Hall–Kier alpha value is -2.14. The van der Waals surface area contributed by atoms with E-state index in [-0.39, 0.29) is 22.5 Å². The van der Waals surface area contributed by atoms with Gasteiger partial charge in [-0.1, -0.05) is 0 Å². The molecule has 3 rings (SSSR count). The number of nitrogens with zero attached hydrogens (tertiary/aromatic N) is 4. The lowest BCUT2D eigenvalue weighted by Gasteiger charge is -2.16. The minimum atomic E-state index is -1.27. The quantitative estimate of drug-likeness (QED) is 0.496. The van der Waals surface area contributed by atoms with E-state index in [1.807, 2.05) is 0 Å². The maximum absolute atomic E-state index is 10.9. The summed E-state index contributed by atoms with van der Waals surface area (Å²) in [4.78, 5) is 18.5. The number of fused-ring (bicyclic) bond motifs is 1. The molecule has 0 saturated carbocycles. The summed E-state index contributed by atoms with van der Waals surface area (Å²) < 4.78 is 6.79. The molecule has 1 aliphatic heterocycles. The molecule has 4 atom stereocenters. The van der Waals surface area contributed by atoms with Gasteiger partial charge in [0.15, 0.2) is 11.9 Å². The Kier molecular flexibility index (Phi) is 3.53. The summed E-state index contributed by atoms with van der Waals surface area (Å²) in [6.45, 7) is 1.05. The zero-order chi connectivity index (χ0) is 16.0. The number of pyridine rings is 1. The number of aromatic nitrogens is 3. The van der Waals surface area contributed by atoms with Crippen LogP contribution in [0, 0.1) is 17.0 Å². The first-order chi connectivity index (χ1) is 10.4. The Morgan fingerprint density at radius 3 is 2.77 bits per heavy atom. The molecule has 10 heteroatoms. The van der Waals surface area contributed by atoms with Gasteiger partial charge in [-0.05, 0) is 6.92 Å². The smallest absolute Gasteiger partial charge is 0.292 e. The second-order valence-corrected chi connectivity index (χ2v) is 5.07. The molecule has 118 valence electrons. The molecule has 0 amide bonds. The van der Waals surface area contributed by atoms with Gasteiger partial charge in [0.2, 0.25) is 0 Å². The van der Waals surface area contributed by atoms with Gasteiger partial charge in [0.25, 0.3) is 5.69 Å². The van der Waals surface area contributed by atoms with E-state index in [4.69, 9.17) is 9.84 Å². The van der Waals surface area contributed by atoms with E-state index in [1.165, 1.54) is 23.9 Å². The highest BCUT2D eigenvalue weighted by atomic mass is 16.6. The molecule has 1 fully saturated rings. The summed E-state index contributed by atoms with van der Waals surface area (Å²) in [5, 5.41) is 39.8. The van der Waals surface area contributed by atoms with E-state index in [9.17, 15) is 20.3 Å². The molecule has 10 nitrogen and oxygen atoms in total. The van der Waals surface area contributed by atoms with Gasteiger partial charge in [-0.2, -0.15) is 0 Å². The largest absolute Gasteiger partial charge is 0.394 e. The van der Waals surface area contributed by atoms with E-state index in [0.717, 1.165) is 0 Å². The fraction of sp³-hybridized carbons (Fsp3) is 0.500. The molecule has 3 heterocycles. The van der Waals surface area contributed by atoms with Crippen molar-refractivity contribution < 1.29 is 25.0 Å². The molecule has 0 aromatic carbocycles. The molecule has 0 bridgehead atoms. The second-order valence-electron chi connectivity index (χ2n) is 5.07. The zero-order valence-corrected chi connectivity index (χ0v) is 11.5. The van der Waals surface area contributed by atoms with Crippen LogP contribution in [-0.2, 0) is 4.74 Å². The van der Waals surface area contributed by atoms with E-state index in [1.54, 1.807) is 0 Å². The third-order valence-corrected chi connectivity index (χ3v) is 3.70. The number of imidazole rings is 1. The van der Waals surface area contributed by atoms with Gasteiger partial charge < -0.3 is 20.1 Å². The van der Waals surface area contributed by atoms with Gasteiger partial charge in [0.05, 0.1) is 17.9 Å². The molecule has 1 saturated heterocycles. The number of hydrogen-bond donors (Lipinski definition) is 3. The van der Waals surface area contributed by atoms with E-state index in [0.29, 0.717) is 0 Å². The number of hydrogen-bond acceptors (Lipinski definition) is 8. The molecule has 0 aliphatic carbocycles. The van der Waals surface area contributed by atoms with Crippen LogP contribution in [0.4, 0.5) is 5.69 Å². The van der Waals surface area contributed by atoms with Crippen LogP contribution < -0.4 is 0 Å². The summed E-state index contributed by atoms with van der Waals surface area (Å²) in [6, 6.07) is 1.29. The monoisotopic (exact) mass is 310 g/mol. The van der Waals surface area contributed by atoms with Crippen LogP contribution in [0.3, 0.4) is 0 Å². The molecule has 0 unspecified atom stereocenters. The van der Waals surface area contributed by atoms with E-state index >= 15 is 0 Å². The first kappa shape index (κ1) is 14.8. The molecule has 1 aliphatic rings. The molecular weight excluding hydrogens is 296 g/mol. The number of nitro groups is 1. The fourth-order valence-electron chi connectivity index (χ4n) is 2.52. The average Bonchev–Trinajstić information content (AvgIpc) is 3.00. The van der Waals surface area contributed by atoms with Gasteiger partial charge in [-0.25, -0.2) is 9.97 Å². The fourth-order valence-corrected chi connectivity index (χ4v) is 2.52. The van der Waals surface area contributed by atoms with Gasteiger partial charge in [-0.15, -0.1) is 0 Å². The van der Waals surface area contributed by atoms with Crippen LogP contribution in [0.1, 0.15) is 11.9 Å². The Balaban J connectivity index is 2.06. The summed E-state index contributed by atoms with van der Waals surface area (Å²) in [5.41, 5.74) is 0.609. The predicted molar refractivity (Wildman–Crippen MR) is 71.9 cm³/mol. The average molecular weight is 310 g/mol. The number of ether oxygens (including phenoxy) is 1. The van der Waals surface area contributed by atoms with Crippen LogP contribution in [0.5, 0.6) is 0 Å². The molecule has 2 aromatic heterocycles. The number of rotatable bonds is 3. The molecule has 3 N–H and O–H groups in total. The van der Waals surface area contributed by atoms with Gasteiger partial charge in [-0.3, -0.25) is 14.7 Å². The lowest BCUT2D eigenvalue weighted by atomic mass is 10.1. The van der Waals surface area contributed by atoms with Crippen LogP contribution in [0.2, 0.25) is 0 Å².